The minimum Gasteiger partial charge on any atom is -0.312 e. The average molecular weight is 532 g/mol. The number of halogens is 4. The SMILES string of the molecule is CC.CC1CN2C(=N1)N(C)c1c2cc(Br)c(C(=O)c2cc(F)ccc2Cl)c1Br. The third kappa shape index (κ3) is 3.37. The number of carbonyl (C=O) groups excluding carboxylic acids is 1. The zero-order chi connectivity index (χ0) is 20.7. The van der Waals surface area contributed by atoms with E-state index < -0.39 is 5.82 Å². The molecule has 0 N–H and O–H groups in total. The predicted octanol–water partition coefficient (Wildman–Crippen LogP) is 6.28. The van der Waals surface area contributed by atoms with Crippen molar-refractivity contribution in [3.63, 3.8) is 0 Å². The maximum Gasteiger partial charge on any atom is 0.206 e. The number of nitrogens with zero attached hydrogens (tertiary/aromatic N) is 3. The van der Waals surface area contributed by atoms with Crippen LogP contribution in [0, 0.1) is 5.82 Å². The zero-order valence-corrected chi connectivity index (χ0v) is 19.8. The van der Waals surface area contributed by atoms with Gasteiger partial charge in [0, 0.05) is 23.6 Å². The molecule has 28 heavy (non-hydrogen) atoms. The molecule has 0 aliphatic carbocycles. The second kappa shape index (κ2) is 8.13. The van der Waals surface area contributed by atoms with Gasteiger partial charge in [0.1, 0.15) is 5.82 Å². The molecule has 1 unspecified atom stereocenters. The summed E-state index contributed by atoms with van der Waals surface area (Å²) >= 11 is 13.2. The highest BCUT2D eigenvalue weighted by molar-refractivity contribution is 9.11. The molecule has 2 aromatic carbocycles. The summed E-state index contributed by atoms with van der Waals surface area (Å²) in [7, 11) is 1.91. The van der Waals surface area contributed by atoms with E-state index in [-0.39, 0.29) is 22.4 Å². The van der Waals surface area contributed by atoms with Gasteiger partial charge in [-0.25, -0.2) is 9.38 Å². The lowest BCUT2D eigenvalue weighted by atomic mass is 10.0. The van der Waals surface area contributed by atoms with Crippen molar-refractivity contribution in [3.05, 3.63) is 55.2 Å². The molecule has 4 nitrogen and oxygen atoms in total. The molecule has 0 amide bonds. The Kier molecular flexibility index (Phi) is 6.17. The van der Waals surface area contributed by atoms with E-state index >= 15 is 0 Å². The number of anilines is 2. The first-order chi connectivity index (χ1) is 13.3. The van der Waals surface area contributed by atoms with Crippen molar-refractivity contribution in [2.24, 2.45) is 4.99 Å². The van der Waals surface area contributed by atoms with Crippen molar-refractivity contribution >= 4 is 66.6 Å². The van der Waals surface area contributed by atoms with Crippen LogP contribution in [-0.2, 0) is 0 Å². The van der Waals surface area contributed by atoms with Crippen molar-refractivity contribution in [2.75, 3.05) is 23.4 Å². The number of benzene rings is 2. The zero-order valence-electron chi connectivity index (χ0n) is 15.9. The smallest absolute Gasteiger partial charge is 0.206 e. The van der Waals surface area contributed by atoms with Crippen molar-refractivity contribution in [1.82, 2.24) is 0 Å². The van der Waals surface area contributed by atoms with Crippen LogP contribution in [0.1, 0.15) is 36.7 Å². The van der Waals surface area contributed by atoms with Gasteiger partial charge < -0.3 is 9.80 Å². The molecule has 8 heteroatoms. The van der Waals surface area contributed by atoms with Gasteiger partial charge in [-0.15, -0.1) is 0 Å². The lowest BCUT2D eigenvalue weighted by Crippen LogP contribution is -2.32. The molecule has 2 aliphatic heterocycles. The largest absolute Gasteiger partial charge is 0.312 e. The molecule has 148 valence electrons. The molecule has 0 spiro atoms. The first kappa shape index (κ1) is 21.3. The van der Waals surface area contributed by atoms with Gasteiger partial charge in [0.15, 0.2) is 5.78 Å². The number of hydrogen-bond donors (Lipinski definition) is 0. The first-order valence-electron chi connectivity index (χ1n) is 8.90. The Morgan fingerprint density at radius 1 is 1.29 bits per heavy atom. The molecule has 4 rings (SSSR count). The number of fused-ring (bicyclic) bond motifs is 3. The Labute approximate surface area is 185 Å². The Bertz CT molecular complexity index is 996. The fourth-order valence-corrected chi connectivity index (χ4v) is 5.29. The molecular formula is C20H19Br2ClFN3O. The van der Waals surface area contributed by atoms with Crippen LogP contribution in [0.5, 0.6) is 0 Å². The molecule has 0 bridgehead atoms. The maximum atomic E-state index is 13.6. The molecule has 2 aliphatic rings. The normalized spacial score (nSPS) is 17.0. The second-order valence-corrected chi connectivity index (χ2v) is 8.37. The number of aliphatic imine (C=N–C) groups is 1. The summed E-state index contributed by atoms with van der Waals surface area (Å²) in [5, 5.41) is 0.211. The van der Waals surface area contributed by atoms with E-state index in [1.807, 2.05) is 31.9 Å². The molecule has 2 aromatic rings. The highest BCUT2D eigenvalue weighted by Gasteiger charge is 2.39. The summed E-state index contributed by atoms with van der Waals surface area (Å²) in [4.78, 5) is 21.8. The van der Waals surface area contributed by atoms with Crippen LogP contribution in [-0.4, -0.2) is 31.4 Å². The molecule has 0 aromatic heterocycles. The van der Waals surface area contributed by atoms with E-state index in [1.54, 1.807) is 0 Å². The number of hydrogen-bond acceptors (Lipinski definition) is 4. The van der Waals surface area contributed by atoms with Crippen LogP contribution in [0.25, 0.3) is 0 Å². The molecule has 0 fully saturated rings. The van der Waals surface area contributed by atoms with Crippen LogP contribution >= 0.6 is 43.5 Å². The minimum absolute atomic E-state index is 0.125. The van der Waals surface area contributed by atoms with Crippen LogP contribution in [0.3, 0.4) is 0 Å². The van der Waals surface area contributed by atoms with E-state index in [9.17, 15) is 9.18 Å². The number of carbonyl (C=O) groups is 1. The monoisotopic (exact) mass is 529 g/mol. The molecule has 0 saturated carbocycles. The summed E-state index contributed by atoms with van der Waals surface area (Å²) in [5.41, 5.74) is 2.35. The Morgan fingerprint density at radius 2 is 1.96 bits per heavy atom. The summed E-state index contributed by atoms with van der Waals surface area (Å²) in [6.07, 6.45) is 0. The summed E-state index contributed by atoms with van der Waals surface area (Å²) in [5.74, 6) is -0.00689. The van der Waals surface area contributed by atoms with E-state index in [0.29, 0.717) is 14.5 Å². The van der Waals surface area contributed by atoms with Crippen molar-refractivity contribution in [3.8, 4) is 0 Å². The molecule has 2 heterocycles. The van der Waals surface area contributed by atoms with Gasteiger partial charge in [-0.05, 0) is 63.0 Å². The van der Waals surface area contributed by atoms with Crippen molar-refractivity contribution in [2.45, 2.75) is 26.8 Å². The van der Waals surface area contributed by atoms with Gasteiger partial charge in [-0.1, -0.05) is 25.4 Å². The number of guanidine groups is 1. The third-order valence-corrected chi connectivity index (χ3v) is 6.25. The quantitative estimate of drug-likeness (QED) is 0.428. The Morgan fingerprint density at radius 3 is 2.64 bits per heavy atom. The van der Waals surface area contributed by atoms with E-state index in [1.165, 1.54) is 12.1 Å². The van der Waals surface area contributed by atoms with Crippen LogP contribution < -0.4 is 9.80 Å². The second-order valence-electron chi connectivity index (χ2n) is 6.32. The maximum absolute atomic E-state index is 13.6. The number of rotatable bonds is 2. The average Bonchev–Trinajstić information content (AvgIpc) is 3.16. The van der Waals surface area contributed by atoms with E-state index in [4.69, 9.17) is 11.6 Å². The number of ketones is 1. The van der Waals surface area contributed by atoms with E-state index in [0.717, 1.165) is 29.9 Å². The summed E-state index contributed by atoms with van der Waals surface area (Å²) in [6.45, 7) is 6.85. The molecule has 1 atom stereocenters. The Balaban J connectivity index is 0.00000109. The molecule has 0 radical (unpaired) electrons. The van der Waals surface area contributed by atoms with Gasteiger partial charge in [-0.2, -0.15) is 0 Å². The third-order valence-electron chi connectivity index (χ3n) is 4.52. The van der Waals surface area contributed by atoms with Gasteiger partial charge in [0.05, 0.1) is 32.5 Å². The lowest BCUT2D eigenvalue weighted by Gasteiger charge is -2.17. The molecule has 0 saturated heterocycles. The van der Waals surface area contributed by atoms with Gasteiger partial charge >= 0.3 is 0 Å². The van der Waals surface area contributed by atoms with Crippen molar-refractivity contribution < 1.29 is 9.18 Å². The van der Waals surface area contributed by atoms with Crippen LogP contribution in [0.2, 0.25) is 5.02 Å². The topological polar surface area (TPSA) is 35.9 Å². The summed E-state index contributed by atoms with van der Waals surface area (Å²) in [6, 6.07) is 5.89. The highest BCUT2D eigenvalue weighted by Crippen LogP contribution is 2.48. The highest BCUT2D eigenvalue weighted by atomic mass is 79.9. The predicted molar refractivity (Wildman–Crippen MR) is 121 cm³/mol. The van der Waals surface area contributed by atoms with Gasteiger partial charge in [0.2, 0.25) is 5.96 Å². The van der Waals surface area contributed by atoms with Crippen LogP contribution in [0.15, 0.2) is 38.2 Å². The van der Waals surface area contributed by atoms with Gasteiger partial charge in [0.25, 0.3) is 0 Å². The fourth-order valence-electron chi connectivity index (χ4n) is 3.36. The standard InChI is InChI=1S/C18H13Br2ClFN3O.C2H6/c1-8-7-25-13-6-11(19)14(15(20)16(13)24(2)18(25)23-8)17(26)10-5-9(22)3-4-12(10)21;1-2/h3-6,8H,7H2,1-2H3;1-2H3. The minimum atomic E-state index is -0.507. The van der Waals surface area contributed by atoms with Gasteiger partial charge in [-0.3, -0.25) is 4.79 Å². The van der Waals surface area contributed by atoms with Crippen LogP contribution in [0.4, 0.5) is 15.8 Å². The summed E-state index contributed by atoms with van der Waals surface area (Å²) < 4.78 is 14.9. The fraction of sp³-hybridized carbons (Fsp3) is 0.300. The van der Waals surface area contributed by atoms with Crippen molar-refractivity contribution in [1.29, 1.82) is 0 Å². The Hall–Kier alpha value is -1.44. The van der Waals surface area contributed by atoms with E-state index in [2.05, 4.69) is 48.7 Å². The lowest BCUT2D eigenvalue weighted by molar-refractivity contribution is 0.103. The first-order valence-corrected chi connectivity index (χ1v) is 10.9. The molecular weight excluding hydrogens is 512 g/mol.